The van der Waals surface area contributed by atoms with Crippen LogP contribution in [0.3, 0.4) is 0 Å². The van der Waals surface area contributed by atoms with Crippen molar-refractivity contribution in [1.82, 2.24) is 20.9 Å². The van der Waals surface area contributed by atoms with Gasteiger partial charge in [0.15, 0.2) is 0 Å². The molecule has 3 aromatic rings. The first-order valence-electron chi connectivity index (χ1n) is 12.8. The van der Waals surface area contributed by atoms with Gasteiger partial charge in [-0.05, 0) is 35.2 Å². The predicted octanol–water partition coefficient (Wildman–Crippen LogP) is 0.173. The van der Waals surface area contributed by atoms with E-state index in [0.717, 1.165) is 10.9 Å². The van der Waals surface area contributed by atoms with Crippen molar-refractivity contribution in [2.45, 2.75) is 50.9 Å². The van der Waals surface area contributed by atoms with Gasteiger partial charge in [0.2, 0.25) is 17.7 Å². The molecule has 2 aromatic carbocycles. The van der Waals surface area contributed by atoms with Crippen molar-refractivity contribution in [2.75, 3.05) is 6.61 Å². The highest BCUT2D eigenvalue weighted by Crippen LogP contribution is 2.20. The van der Waals surface area contributed by atoms with Crippen LogP contribution in [0.1, 0.15) is 25.0 Å². The van der Waals surface area contributed by atoms with Crippen molar-refractivity contribution >= 4 is 34.6 Å². The van der Waals surface area contributed by atoms with E-state index >= 15 is 0 Å². The van der Waals surface area contributed by atoms with Gasteiger partial charge in [-0.25, -0.2) is 4.79 Å². The van der Waals surface area contributed by atoms with Crippen LogP contribution < -0.4 is 21.7 Å². The van der Waals surface area contributed by atoms with E-state index < -0.39 is 60.4 Å². The van der Waals surface area contributed by atoms with Crippen LogP contribution in [0.5, 0.6) is 5.75 Å². The monoisotopic (exact) mass is 553 g/mol. The van der Waals surface area contributed by atoms with Gasteiger partial charge in [0.25, 0.3) is 0 Å². The molecule has 0 saturated heterocycles. The summed E-state index contributed by atoms with van der Waals surface area (Å²) in [5.41, 5.74) is 7.70. The first-order valence-corrected chi connectivity index (χ1v) is 12.8. The molecular weight excluding hydrogens is 518 g/mol. The number of para-hydroxylation sites is 1. The second-order valence-corrected chi connectivity index (χ2v) is 9.91. The van der Waals surface area contributed by atoms with Gasteiger partial charge in [0.1, 0.15) is 29.9 Å². The maximum absolute atomic E-state index is 13.5. The molecule has 12 nitrogen and oxygen atoms in total. The van der Waals surface area contributed by atoms with E-state index in [1.165, 1.54) is 12.1 Å². The number of carboxylic acids is 1. The Morgan fingerprint density at radius 3 is 2.15 bits per heavy atom. The molecule has 0 bridgehead atoms. The number of benzene rings is 2. The maximum atomic E-state index is 13.5. The molecule has 4 unspecified atom stereocenters. The summed E-state index contributed by atoms with van der Waals surface area (Å²) in [6, 6.07) is 8.52. The molecule has 0 aliphatic carbocycles. The first kappa shape index (κ1) is 30.1. The number of carboxylic acid groups (broad SMARTS) is 1. The number of aromatic amines is 1. The lowest BCUT2D eigenvalue weighted by molar-refractivity contribution is -0.142. The van der Waals surface area contributed by atoms with Crippen molar-refractivity contribution in [3.8, 4) is 5.75 Å². The number of aromatic hydroxyl groups is 1. The van der Waals surface area contributed by atoms with E-state index in [1.807, 2.05) is 24.3 Å². The number of nitrogens with one attached hydrogen (secondary N) is 4. The first-order chi connectivity index (χ1) is 19.0. The third kappa shape index (κ3) is 7.80. The summed E-state index contributed by atoms with van der Waals surface area (Å²) in [7, 11) is 0. The molecule has 3 amide bonds. The van der Waals surface area contributed by atoms with E-state index in [2.05, 4.69) is 20.9 Å². The number of carbonyl (C=O) groups excluding carboxylic acids is 3. The highest BCUT2D eigenvalue weighted by molar-refractivity contribution is 5.95. The van der Waals surface area contributed by atoms with Gasteiger partial charge < -0.3 is 42.0 Å². The molecule has 0 aliphatic heterocycles. The molecule has 214 valence electrons. The summed E-state index contributed by atoms with van der Waals surface area (Å²) in [5, 5.41) is 37.0. The second kappa shape index (κ2) is 13.6. The fourth-order valence-corrected chi connectivity index (χ4v) is 4.21. The van der Waals surface area contributed by atoms with Crippen molar-refractivity contribution in [3.05, 3.63) is 65.9 Å². The molecule has 0 fully saturated rings. The van der Waals surface area contributed by atoms with Gasteiger partial charge in [-0.1, -0.05) is 44.2 Å². The minimum Gasteiger partial charge on any atom is -0.508 e. The minimum atomic E-state index is -1.32. The molecule has 0 saturated carbocycles. The SMILES string of the molecule is CC(C)C(NC(=O)C(N)CO)C(=O)NC(Cc1c[nH]c2ccccc12)C(=O)NC(Cc1ccc(O)cc1)C(=O)O. The second-order valence-electron chi connectivity index (χ2n) is 9.91. The van der Waals surface area contributed by atoms with Gasteiger partial charge >= 0.3 is 5.97 Å². The number of hydrogen-bond donors (Lipinski definition) is 8. The molecule has 0 spiro atoms. The van der Waals surface area contributed by atoms with Crippen LogP contribution >= 0.6 is 0 Å². The van der Waals surface area contributed by atoms with Gasteiger partial charge in [0.05, 0.1) is 6.61 Å². The number of nitrogens with two attached hydrogens (primary N) is 1. The molecule has 40 heavy (non-hydrogen) atoms. The Kier molecular flexibility index (Phi) is 10.2. The van der Waals surface area contributed by atoms with Crippen LogP contribution in [0.15, 0.2) is 54.7 Å². The van der Waals surface area contributed by atoms with E-state index in [0.29, 0.717) is 11.1 Å². The molecule has 4 atom stereocenters. The van der Waals surface area contributed by atoms with Crippen molar-refractivity contribution in [3.63, 3.8) is 0 Å². The van der Waals surface area contributed by atoms with E-state index in [9.17, 15) is 34.5 Å². The van der Waals surface area contributed by atoms with Crippen LogP contribution in [-0.4, -0.2) is 74.8 Å². The molecule has 1 heterocycles. The Morgan fingerprint density at radius 1 is 0.875 bits per heavy atom. The number of phenolic OH excluding ortho intramolecular Hbond substituents is 1. The molecule has 9 N–H and O–H groups in total. The van der Waals surface area contributed by atoms with Crippen LogP contribution in [0.4, 0.5) is 0 Å². The lowest BCUT2D eigenvalue weighted by Gasteiger charge is -2.27. The standard InChI is InChI=1S/C28H35N5O7/c1-15(2)24(33-25(36)20(29)14-34)27(38)31-22(12-17-13-30-21-6-4-3-5-19(17)21)26(37)32-23(28(39)40)11-16-7-9-18(35)10-8-16/h3-10,13,15,20,22-24,30,34-35H,11-12,14,29H2,1-2H3,(H,31,38)(H,32,37)(H,33,36)(H,39,40). The number of aliphatic hydroxyl groups is 1. The zero-order valence-corrected chi connectivity index (χ0v) is 22.3. The average molecular weight is 554 g/mol. The van der Waals surface area contributed by atoms with Gasteiger partial charge in [0, 0.05) is 29.9 Å². The summed E-state index contributed by atoms with van der Waals surface area (Å²) in [5.74, 6) is -3.77. The molecule has 12 heteroatoms. The Hall–Kier alpha value is -4.42. The third-order valence-electron chi connectivity index (χ3n) is 6.50. The maximum Gasteiger partial charge on any atom is 0.326 e. The largest absolute Gasteiger partial charge is 0.508 e. The number of carbonyl (C=O) groups is 4. The van der Waals surface area contributed by atoms with Crippen molar-refractivity contribution in [2.24, 2.45) is 11.7 Å². The summed E-state index contributed by atoms with van der Waals surface area (Å²) < 4.78 is 0. The normalized spacial score (nSPS) is 14.2. The Morgan fingerprint density at radius 2 is 1.52 bits per heavy atom. The summed E-state index contributed by atoms with van der Waals surface area (Å²) in [6.45, 7) is 2.78. The third-order valence-corrected chi connectivity index (χ3v) is 6.50. The van der Waals surface area contributed by atoms with E-state index in [4.69, 9.17) is 5.73 Å². The topological polar surface area (TPSA) is 207 Å². The minimum absolute atomic E-state index is 0.0212. The molecule has 3 rings (SSSR count). The number of aliphatic hydroxyl groups excluding tert-OH is 1. The number of fused-ring (bicyclic) bond motifs is 1. The number of amides is 3. The lowest BCUT2D eigenvalue weighted by Crippen LogP contribution is -2.59. The Bertz CT molecular complexity index is 1340. The number of hydrogen-bond acceptors (Lipinski definition) is 7. The van der Waals surface area contributed by atoms with Gasteiger partial charge in [-0.3, -0.25) is 14.4 Å². The van der Waals surface area contributed by atoms with E-state index in [1.54, 1.807) is 32.2 Å². The number of aliphatic carboxylic acids is 1. The van der Waals surface area contributed by atoms with Crippen molar-refractivity contribution in [1.29, 1.82) is 0 Å². The predicted molar refractivity (Wildman–Crippen MR) is 147 cm³/mol. The van der Waals surface area contributed by atoms with Crippen LogP contribution in [-0.2, 0) is 32.0 Å². The number of rotatable bonds is 13. The lowest BCUT2D eigenvalue weighted by atomic mass is 9.99. The van der Waals surface area contributed by atoms with Crippen LogP contribution in [0.2, 0.25) is 0 Å². The quantitative estimate of drug-likeness (QED) is 0.146. The zero-order valence-electron chi connectivity index (χ0n) is 22.3. The summed E-state index contributed by atoms with van der Waals surface area (Å²) in [6.07, 6.45) is 1.69. The average Bonchev–Trinajstić information content (AvgIpc) is 3.33. The molecule has 0 aliphatic rings. The highest BCUT2D eigenvalue weighted by atomic mass is 16.4. The Labute approximate surface area is 231 Å². The fourth-order valence-electron chi connectivity index (χ4n) is 4.21. The van der Waals surface area contributed by atoms with Gasteiger partial charge in [-0.2, -0.15) is 0 Å². The summed E-state index contributed by atoms with van der Waals surface area (Å²) >= 11 is 0. The smallest absolute Gasteiger partial charge is 0.326 e. The number of phenols is 1. The highest BCUT2D eigenvalue weighted by Gasteiger charge is 2.32. The molecule has 0 radical (unpaired) electrons. The number of H-pyrrole nitrogens is 1. The fraction of sp³-hybridized carbons (Fsp3) is 0.357. The number of aromatic nitrogens is 1. The zero-order chi connectivity index (χ0) is 29.4. The summed E-state index contributed by atoms with van der Waals surface area (Å²) in [4.78, 5) is 54.2. The van der Waals surface area contributed by atoms with E-state index in [-0.39, 0.29) is 18.6 Å². The van der Waals surface area contributed by atoms with Crippen LogP contribution in [0, 0.1) is 5.92 Å². The van der Waals surface area contributed by atoms with Crippen molar-refractivity contribution < 1.29 is 34.5 Å². The van der Waals surface area contributed by atoms with Crippen LogP contribution in [0.25, 0.3) is 10.9 Å². The molecular formula is C28H35N5O7. The molecule has 1 aromatic heterocycles. The van der Waals surface area contributed by atoms with Gasteiger partial charge in [-0.15, -0.1) is 0 Å². The Balaban J connectivity index is 1.86.